The van der Waals surface area contributed by atoms with Crippen LogP contribution >= 0.6 is 0 Å². The molecule has 6 nitrogen and oxygen atoms in total. The molecule has 0 radical (unpaired) electrons. The van der Waals surface area contributed by atoms with Crippen molar-refractivity contribution in [1.29, 1.82) is 0 Å². The van der Waals surface area contributed by atoms with Gasteiger partial charge in [0.15, 0.2) is 0 Å². The quantitative estimate of drug-likeness (QED) is 0.890. The van der Waals surface area contributed by atoms with E-state index in [-0.39, 0.29) is 5.91 Å². The number of hydrogen-bond donors (Lipinski definition) is 1. The monoisotopic (exact) mass is 245 g/mol. The molecular formula is C12H15N5O. The molecule has 0 unspecified atom stereocenters. The van der Waals surface area contributed by atoms with Crippen LogP contribution in [0.1, 0.15) is 28.8 Å². The molecule has 0 aliphatic rings. The smallest absolute Gasteiger partial charge is 0.276 e. The van der Waals surface area contributed by atoms with E-state index in [2.05, 4.69) is 20.4 Å². The molecular weight excluding hydrogens is 230 g/mol. The molecule has 1 N–H and O–H groups in total. The maximum atomic E-state index is 12.0. The van der Waals surface area contributed by atoms with Crippen LogP contribution in [0.3, 0.4) is 0 Å². The van der Waals surface area contributed by atoms with Gasteiger partial charge in [0.2, 0.25) is 5.95 Å². The molecule has 0 fully saturated rings. The molecule has 0 aromatic carbocycles. The van der Waals surface area contributed by atoms with E-state index in [1.165, 1.54) is 0 Å². The fraction of sp³-hybridized carbons (Fsp3) is 0.333. The zero-order chi connectivity index (χ0) is 13.1. The van der Waals surface area contributed by atoms with Crippen LogP contribution in [-0.2, 0) is 6.54 Å². The van der Waals surface area contributed by atoms with Crippen molar-refractivity contribution in [3.63, 3.8) is 0 Å². The molecule has 1 amide bonds. The first-order chi connectivity index (χ1) is 8.60. The lowest BCUT2D eigenvalue weighted by Crippen LogP contribution is -2.19. The second kappa shape index (κ2) is 4.95. The van der Waals surface area contributed by atoms with Gasteiger partial charge in [-0.05, 0) is 32.9 Å². The fourth-order valence-electron chi connectivity index (χ4n) is 1.72. The van der Waals surface area contributed by atoms with Crippen molar-refractivity contribution in [1.82, 2.24) is 19.7 Å². The van der Waals surface area contributed by atoms with Crippen molar-refractivity contribution >= 4 is 11.9 Å². The van der Waals surface area contributed by atoms with Crippen molar-refractivity contribution in [2.45, 2.75) is 27.3 Å². The Morgan fingerprint density at radius 2 is 2.00 bits per heavy atom. The molecule has 2 aromatic rings. The Labute approximate surface area is 105 Å². The van der Waals surface area contributed by atoms with Gasteiger partial charge in [-0.3, -0.25) is 14.8 Å². The lowest BCUT2D eigenvalue weighted by Gasteiger charge is -2.06. The number of aromatic nitrogens is 4. The Bertz CT molecular complexity index is 555. The second-order valence-electron chi connectivity index (χ2n) is 3.96. The molecule has 0 bridgehead atoms. The zero-order valence-electron chi connectivity index (χ0n) is 10.6. The van der Waals surface area contributed by atoms with Crippen LogP contribution in [-0.4, -0.2) is 25.7 Å². The number of hydrogen-bond acceptors (Lipinski definition) is 4. The van der Waals surface area contributed by atoms with Gasteiger partial charge in [0.25, 0.3) is 5.91 Å². The summed E-state index contributed by atoms with van der Waals surface area (Å²) in [5, 5.41) is 6.73. The first-order valence-corrected chi connectivity index (χ1v) is 5.75. The molecule has 0 spiro atoms. The number of nitrogens with one attached hydrogen (secondary N) is 1. The third kappa shape index (κ3) is 2.53. The van der Waals surface area contributed by atoms with Gasteiger partial charge < -0.3 is 0 Å². The van der Waals surface area contributed by atoms with Gasteiger partial charge >= 0.3 is 0 Å². The van der Waals surface area contributed by atoms with Crippen LogP contribution in [0, 0.1) is 13.8 Å². The Morgan fingerprint density at radius 3 is 2.61 bits per heavy atom. The van der Waals surface area contributed by atoms with Crippen LogP contribution in [0.4, 0.5) is 5.95 Å². The summed E-state index contributed by atoms with van der Waals surface area (Å²) in [6.45, 7) is 6.29. The van der Waals surface area contributed by atoms with Crippen LogP contribution < -0.4 is 5.32 Å². The number of nitrogens with zero attached hydrogens (tertiary/aromatic N) is 4. The topological polar surface area (TPSA) is 72.7 Å². The van der Waals surface area contributed by atoms with E-state index in [1.807, 2.05) is 26.8 Å². The number of anilines is 1. The number of amides is 1. The highest BCUT2D eigenvalue weighted by molar-refractivity contribution is 6.02. The Morgan fingerprint density at radius 1 is 1.33 bits per heavy atom. The van der Waals surface area contributed by atoms with Crippen molar-refractivity contribution in [3.05, 3.63) is 35.4 Å². The maximum absolute atomic E-state index is 12.0. The van der Waals surface area contributed by atoms with Crippen LogP contribution in [0.15, 0.2) is 18.3 Å². The minimum Gasteiger partial charge on any atom is -0.289 e. The van der Waals surface area contributed by atoms with Gasteiger partial charge in [-0.1, -0.05) is 0 Å². The second-order valence-corrected chi connectivity index (χ2v) is 3.96. The van der Waals surface area contributed by atoms with Crippen molar-refractivity contribution in [3.8, 4) is 0 Å². The lowest BCUT2D eigenvalue weighted by atomic mass is 10.3. The fourth-order valence-corrected chi connectivity index (χ4v) is 1.72. The molecule has 0 aliphatic heterocycles. The molecule has 2 aromatic heterocycles. The standard InChI is InChI=1S/C12H15N5O/c1-4-17-10(5-6-13-17)11(18)16-12-14-8(2)7-9(3)15-12/h5-7H,4H2,1-3H3,(H,14,15,16,18). The number of carbonyl (C=O) groups excluding carboxylic acids is 1. The molecule has 0 saturated heterocycles. The molecule has 2 rings (SSSR count). The summed E-state index contributed by atoms with van der Waals surface area (Å²) < 4.78 is 1.62. The summed E-state index contributed by atoms with van der Waals surface area (Å²) >= 11 is 0. The Hall–Kier alpha value is -2.24. The molecule has 18 heavy (non-hydrogen) atoms. The molecule has 0 saturated carbocycles. The minimum atomic E-state index is -0.251. The van der Waals surface area contributed by atoms with Crippen molar-refractivity contribution < 1.29 is 4.79 Å². The van der Waals surface area contributed by atoms with Gasteiger partial charge in [0.1, 0.15) is 5.69 Å². The highest BCUT2D eigenvalue weighted by Crippen LogP contribution is 2.06. The first kappa shape index (κ1) is 12.2. The zero-order valence-corrected chi connectivity index (χ0v) is 10.6. The average Bonchev–Trinajstić information content (AvgIpc) is 2.75. The maximum Gasteiger partial charge on any atom is 0.276 e. The highest BCUT2D eigenvalue weighted by Gasteiger charge is 2.12. The summed E-state index contributed by atoms with van der Waals surface area (Å²) in [6, 6.07) is 3.52. The molecule has 6 heteroatoms. The van der Waals surface area contributed by atoms with Crippen LogP contribution in [0.5, 0.6) is 0 Å². The summed E-state index contributed by atoms with van der Waals surface area (Å²) in [7, 11) is 0. The average molecular weight is 245 g/mol. The Kier molecular flexibility index (Phi) is 3.36. The molecule has 0 atom stereocenters. The molecule has 2 heterocycles. The van der Waals surface area contributed by atoms with Gasteiger partial charge in [-0.15, -0.1) is 0 Å². The van der Waals surface area contributed by atoms with E-state index in [4.69, 9.17) is 0 Å². The minimum absolute atomic E-state index is 0.251. The first-order valence-electron chi connectivity index (χ1n) is 5.75. The van der Waals surface area contributed by atoms with E-state index in [0.29, 0.717) is 18.2 Å². The lowest BCUT2D eigenvalue weighted by molar-refractivity contribution is 0.101. The third-order valence-electron chi connectivity index (χ3n) is 2.46. The number of aryl methyl sites for hydroxylation is 3. The largest absolute Gasteiger partial charge is 0.289 e. The summed E-state index contributed by atoms with van der Waals surface area (Å²) in [5.41, 5.74) is 2.14. The third-order valence-corrected chi connectivity index (χ3v) is 2.46. The van der Waals surface area contributed by atoms with E-state index in [1.54, 1.807) is 16.9 Å². The highest BCUT2D eigenvalue weighted by atomic mass is 16.2. The summed E-state index contributed by atoms with van der Waals surface area (Å²) in [5.74, 6) is 0.0701. The van der Waals surface area contributed by atoms with E-state index >= 15 is 0 Å². The van der Waals surface area contributed by atoms with Crippen LogP contribution in [0.25, 0.3) is 0 Å². The molecule has 0 aliphatic carbocycles. The van der Waals surface area contributed by atoms with Gasteiger partial charge in [-0.25, -0.2) is 9.97 Å². The Balaban J connectivity index is 2.21. The van der Waals surface area contributed by atoms with Gasteiger partial charge in [0, 0.05) is 24.1 Å². The van der Waals surface area contributed by atoms with E-state index < -0.39 is 0 Å². The van der Waals surface area contributed by atoms with Crippen molar-refractivity contribution in [2.24, 2.45) is 0 Å². The predicted octanol–water partition coefficient (Wildman–Crippen LogP) is 1.56. The van der Waals surface area contributed by atoms with Gasteiger partial charge in [-0.2, -0.15) is 5.10 Å². The predicted molar refractivity (Wildman–Crippen MR) is 67.4 cm³/mol. The summed E-state index contributed by atoms with van der Waals surface area (Å²) in [4.78, 5) is 20.4. The van der Waals surface area contributed by atoms with E-state index in [9.17, 15) is 4.79 Å². The number of carbonyl (C=O) groups is 1. The van der Waals surface area contributed by atoms with E-state index in [0.717, 1.165) is 11.4 Å². The van der Waals surface area contributed by atoms with Crippen molar-refractivity contribution in [2.75, 3.05) is 5.32 Å². The van der Waals surface area contributed by atoms with Crippen LogP contribution in [0.2, 0.25) is 0 Å². The summed E-state index contributed by atoms with van der Waals surface area (Å²) in [6.07, 6.45) is 1.60. The normalized spacial score (nSPS) is 10.4. The number of rotatable bonds is 3. The SMILES string of the molecule is CCn1nccc1C(=O)Nc1nc(C)cc(C)n1. The van der Waals surface area contributed by atoms with Gasteiger partial charge in [0.05, 0.1) is 0 Å². The molecule has 94 valence electrons.